The Morgan fingerprint density at radius 2 is 2.00 bits per heavy atom. The molecule has 1 amide bonds. The maximum absolute atomic E-state index is 12.7. The number of aromatic amines is 1. The van der Waals surface area contributed by atoms with Crippen molar-refractivity contribution in [3.8, 4) is 0 Å². The number of nitrogens with zero attached hydrogens (tertiary/aromatic N) is 1. The number of hydrogen-bond donors (Lipinski definition) is 2. The molecule has 2 aromatic carbocycles. The molecule has 4 nitrogen and oxygen atoms in total. The predicted octanol–water partition coefficient (Wildman–Crippen LogP) is 5.77. The molecule has 6 heteroatoms. The third-order valence-electron chi connectivity index (χ3n) is 4.26. The molecule has 0 saturated heterocycles. The van der Waals surface area contributed by atoms with E-state index >= 15 is 0 Å². The van der Waals surface area contributed by atoms with Crippen molar-refractivity contribution in [2.24, 2.45) is 0 Å². The molecule has 1 atom stereocenters. The van der Waals surface area contributed by atoms with Crippen LogP contribution >= 0.6 is 23.4 Å². The Bertz CT molecular complexity index is 951. The van der Waals surface area contributed by atoms with Crippen LogP contribution in [0.3, 0.4) is 0 Å². The third-order valence-corrected chi connectivity index (χ3v) is 5.47. The van der Waals surface area contributed by atoms with E-state index in [0.717, 1.165) is 27.8 Å². The Morgan fingerprint density at radius 3 is 2.73 bits per heavy atom. The number of aromatic nitrogens is 2. The minimum Gasteiger partial charge on any atom is -0.333 e. The number of rotatable bonds is 5. The molecule has 2 N–H and O–H groups in total. The minimum atomic E-state index is -0.286. The first-order chi connectivity index (χ1) is 12.3. The highest BCUT2D eigenvalue weighted by molar-refractivity contribution is 8.00. The molecular weight excluding hydrogens is 366 g/mol. The zero-order valence-corrected chi connectivity index (χ0v) is 16.8. The second-order valence-corrected chi connectivity index (χ2v) is 8.41. The Balaban J connectivity index is 1.76. The second kappa shape index (κ2) is 7.72. The highest BCUT2D eigenvalue weighted by Crippen LogP contribution is 2.30. The monoisotopic (exact) mass is 387 g/mol. The van der Waals surface area contributed by atoms with Gasteiger partial charge in [0.05, 0.1) is 16.3 Å². The predicted molar refractivity (Wildman–Crippen MR) is 110 cm³/mol. The second-order valence-electron chi connectivity index (χ2n) is 6.65. The number of imidazole rings is 1. The van der Waals surface area contributed by atoms with Gasteiger partial charge < -0.3 is 10.3 Å². The summed E-state index contributed by atoms with van der Waals surface area (Å²) >= 11 is 7.41. The molecule has 0 radical (unpaired) electrons. The van der Waals surface area contributed by atoms with Crippen LogP contribution in [0.4, 0.5) is 5.69 Å². The summed E-state index contributed by atoms with van der Waals surface area (Å²) in [6.07, 6.45) is 0. The summed E-state index contributed by atoms with van der Waals surface area (Å²) in [5.74, 6) is 0.304. The van der Waals surface area contributed by atoms with Crippen LogP contribution in [-0.4, -0.2) is 21.1 Å². The lowest BCUT2D eigenvalue weighted by molar-refractivity contribution is -0.115. The number of thioether (sulfide) groups is 1. The molecule has 3 rings (SSSR count). The van der Waals surface area contributed by atoms with Crippen LogP contribution < -0.4 is 5.32 Å². The Kier molecular flexibility index (Phi) is 5.58. The molecule has 0 fully saturated rings. The Morgan fingerprint density at radius 1 is 1.23 bits per heavy atom. The number of carbonyl (C=O) groups is 1. The van der Waals surface area contributed by atoms with Crippen molar-refractivity contribution >= 4 is 46.0 Å². The number of H-pyrrole nitrogens is 1. The van der Waals surface area contributed by atoms with Crippen LogP contribution in [0.2, 0.25) is 5.02 Å². The highest BCUT2D eigenvalue weighted by atomic mass is 35.5. The van der Waals surface area contributed by atoms with Gasteiger partial charge in [-0.15, -0.1) is 0 Å². The van der Waals surface area contributed by atoms with Crippen molar-refractivity contribution in [1.29, 1.82) is 0 Å². The summed E-state index contributed by atoms with van der Waals surface area (Å²) in [4.78, 5) is 20.4. The molecule has 136 valence electrons. The van der Waals surface area contributed by atoms with E-state index in [-0.39, 0.29) is 11.2 Å². The van der Waals surface area contributed by atoms with Gasteiger partial charge in [0.25, 0.3) is 0 Å². The van der Waals surface area contributed by atoms with Crippen molar-refractivity contribution in [3.05, 3.63) is 52.5 Å². The number of hydrogen-bond acceptors (Lipinski definition) is 3. The smallest absolute Gasteiger partial charge is 0.237 e. The zero-order valence-electron chi connectivity index (χ0n) is 15.3. The fraction of sp³-hybridized carbons (Fsp3) is 0.300. The van der Waals surface area contributed by atoms with Crippen molar-refractivity contribution in [2.45, 2.75) is 44.0 Å². The van der Waals surface area contributed by atoms with Gasteiger partial charge in [-0.2, -0.15) is 0 Å². The molecule has 3 aromatic rings. The number of halogens is 1. The van der Waals surface area contributed by atoms with E-state index in [1.165, 1.54) is 11.8 Å². The molecule has 26 heavy (non-hydrogen) atoms. The van der Waals surface area contributed by atoms with Crippen LogP contribution in [0.1, 0.15) is 37.8 Å². The average molecular weight is 388 g/mol. The first kappa shape index (κ1) is 18.8. The van der Waals surface area contributed by atoms with E-state index in [2.05, 4.69) is 35.2 Å². The standard InChI is InChI=1S/C20H22ClN3OS/c1-11(2)15-7-5-6-12(3)18(15)24-19(25)13(4)26-20-22-16-9-8-14(21)10-17(16)23-20/h5-11,13H,1-4H3,(H,22,23)(H,24,25). The number of fused-ring (bicyclic) bond motifs is 1. The Hall–Kier alpha value is -1.98. The quantitative estimate of drug-likeness (QED) is 0.546. The van der Waals surface area contributed by atoms with Gasteiger partial charge in [-0.3, -0.25) is 4.79 Å². The SMILES string of the molecule is Cc1cccc(C(C)C)c1NC(=O)C(C)Sc1nc2ccc(Cl)cc2[nH]1. The van der Waals surface area contributed by atoms with Crippen molar-refractivity contribution in [2.75, 3.05) is 5.32 Å². The maximum Gasteiger partial charge on any atom is 0.237 e. The summed E-state index contributed by atoms with van der Waals surface area (Å²) in [5, 5.41) is 4.18. The van der Waals surface area contributed by atoms with E-state index in [1.807, 2.05) is 38.1 Å². The molecule has 0 aliphatic rings. The molecule has 1 heterocycles. The summed E-state index contributed by atoms with van der Waals surface area (Å²) in [6, 6.07) is 11.6. The zero-order chi connectivity index (χ0) is 18.8. The van der Waals surface area contributed by atoms with Gasteiger partial charge in [-0.1, -0.05) is 55.4 Å². The van der Waals surface area contributed by atoms with E-state index < -0.39 is 0 Å². The van der Waals surface area contributed by atoms with Crippen LogP contribution in [0.25, 0.3) is 11.0 Å². The minimum absolute atomic E-state index is 0.0373. The molecule has 0 spiro atoms. The van der Waals surface area contributed by atoms with Gasteiger partial charge >= 0.3 is 0 Å². The van der Waals surface area contributed by atoms with Crippen LogP contribution in [0.15, 0.2) is 41.6 Å². The molecule has 0 saturated carbocycles. The fourth-order valence-corrected chi connectivity index (χ4v) is 3.80. The third kappa shape index (κ3) is 4.05. The molecule has 0 aliphatic heterocycles. The largest absolute Gasteiger partial charge is 0.333 e. The lowest BCUT2D eigenvalue weighted by Gasteiger charge is -2.18. The number of para-hydroxylation sites is 1. The molecule has 1 aromatic heterocycles. The molecular formula is C20H22ClN3OS. The van der Waals surface area contributed by atoms with E-state index in [9.17, 15) is 4.79 Å². The first-order valence-corrected chi connectivity index (χ1v) is 9.83. The number of carbonyl (C=O) groups excluding carboxylic acids is 1. The molecule has 0 bridgehead atoms. The molecule has 0 aliphatic carbocycles. The van der Waals surface area contributed by atoms with Crippen molar-refractivity contribution in [3.63, 3.8) is 0 Å². The van der Waals surface area contributed by atoms with Crippen LogP contribution in [-0.2, 0) is 4.79 Å². The van der Waals surface area contributed by atoms with Gasteiger partial charge in [-0.05, 0) is 49.1 Å². The van der Waals surface area contributed by atoms with Crippen LogP contribution in [0.5, 0.6) is 0 Å². The van der Waals surface area contributed by atoms with Crippen molar-refractivity contribution < 1.29 is 4.79 Å². The van der Waals surface area contributed by atoms with Gasteiger partial charge in [0, 0.05) is 10.7 Å². The maximum atomic E-state index is 12.7. The summed E-state index contributed by atoms with van der Waals surface area (Å²) in [6.45, 7) is 8.15. The van der Waals surface area contributed by atoms with Gasteiger partial charge in [0.2, 0.25) is 5.91 Å². The number of amides is 1. The van der Waals surface area contributed by atoms with Gasteiger partial charge in [-0.25, -0.2) is 4.98 Å². The first-order valence-electron chi connectivity index (χ1n) is 8.57. The number of nitrogens with one attached hydrogen (secondary N) is 2. The number of benzene rings is 2. The van der Waals surface area contributed by atoms with E-state index in [0.29, 0.717) is 16.1 Å². The van der Waals surface area contributed by atoms with E-state index in [4.69, 9.17) is 11.6 Å². The summed E-state index contributed by atoms with van der Waals surface area (Å²) < 4.78 is 0. The fourth-order valence-electron chi connectivity index (χ4n) is 2.80. The average Bonchev–Trinajstić information content (AvgIpc) is 2.97. The molecule has 1 unspecified atom stereocenters. The van der Waals surface area contributed by atoms with Crippen molar-refractivity contribution in [1.82, 2.24) is 9.97 Å². The van der Waals surface area contributed by atoms with E-state index in [1.54, 1.807) is 6.07 Å². The summed E-state index contributed by atoms with van der Waals surface area (Å²) in [5.41, 5.74) is 4.84. The normalized spacial score (nSPS) is 12.5. The lowest BCUT2D eigenvalue weighted by atomic mass is 9.98. The number of anilines is 1. The number of aryl methyl sites for hydroxylation is 1. The van der Waals surface area contributed by atoms with Crippen LogP contribution in [0, 0.1) is 6.92 Å². The highest BCUT2D eigenvalue weighted by Gasteiger charge is 2.19. The Labute approximate surface area is 162 Å². The lowest BCUT2D eigenvalue weighted by Crippen LogP contribution is -2.24. The van der Waals surface area contributed by atoms with Gasteiger partial charge in [0.15, 0.2) is 5.16 Å². The summed E-state index contributed by atoms with van der Waals surface area (Å²) in [7, 11) is 0. The van der Waals surface area contributed by atoms with Gasteiger partial charge in [0.1, 0.15) is 0 Å². The topological polar surface area (TPSA) is 57.8 Å².